The van der Waals surface area contributed by atoms with Crippen LogP contribution in [0.15, 0.2) is 18.2 Å². The molecule has 0 spiro atoms. The van der Waals surface area contributed by atoms with E-state index in [2.05, 4.69) is 5.32 Å². The van der Waals surface area contributed by atoms with Crippen LogP contribution in [-0.4, -0.2) is 29.9 Å². The van der Waals surface area contributed by atoms with Crippen LogP contribution in [0.5, 0.6) is 0 Å². The summed E-state index contributed by atoms with van der Waals surface area (Å²) < 4.78 is 39.3. The largest absolute Gasteiger partial charge is 0.417 e. The maximum absolute atomic E-state index is 13.1. The molecule has 0 radical (unpaired) electrons. The molecule has 1 saturated heterocycles. The standard InChI is InChI=1S/C14H15F3N2O.ClH/c1-2-10-12-8-4-3-5-9(14(15,16)17)11(8)13(20)19(12)7-6-18-10;/h3-5,10,12,18H,2,6-7H2,1H3;1H/t10-,12+;/m1./s1. The van der Waals surface area contributed by atoms with E-state index in [0.717, 1.165) is 12.5 Å². The molecule has 1 aromatic rings. The maximum Gasteiger partial charge on any atom is 0.417 e. The molecule has 1 aromatic carbocycles. The van der Waals surface area contributed by atoms with Gasteiger partial charge in [0.25, 0.3) is 5.91 Å². The third-order valence-electron chi connectivity index (χ3n) is 4.11. The van der Waals surface area contributed by atoms with Crippen LogP contribution in [0.1, 0.15) is 40.9 Å². The van der Waals surface area contributed by atoms with Crippen molar-refractivity contribution in [3.63, 3.8) is 0 Å². The summed E-state index contributed by atoms with van der Waals surface area (Å²) in [5, 5.41) is 3.28. The second-order valence-corrected chi connectivity index (χ2v) is 5.18. The van der Waals surface area contributed by atoms with Gasteiger partial charge in [-0.3, -0.25) is 4.79 Å². The van der Waals surface area contributed by atoms with Crippen molar-refractivity contribution in [2.45, 2.75) is 31.6 Å². The van der Waals surface area contributed by atoms with Gasteiger partial charge in [-0.15, -0.1) is 12.4 Å². The Morgan fingerprint density at radius 1 is 1.38 bits per heavy atom. The van der Waals surface area contributed by atoms with Crippen LogP contribution in [0.4, 0.5) is 13.2 Å². The van der Waals surface area contributed by atoms with Gasteiger partial charge in [-0.25, -0.2) is 0 Å². The summed E-state index contributed by atoms with van der Waals surface area (Å²) in [5.41, 5.74) is -0.472. The quantitative estimate of drug-likeness (QED) is 0.862. The predicted molar refractivity (Wildman–Crippen MR) is 74.6 cm³/mol. The number of piperazine rings is 1. The Hall–Kier alpha value is -1.27. The number of amides is 1. The number of halogens is 4. The van der Waals surface area contributed by atoms with Crippen molar-refractivity contribution >= 4 is 18.3 Å². The summed E-state index contributed by atoms with van der Waals surface area (Å²) in [6.45, 7) is 3.04. The number of nitrogens with one attached hydrogen (secondary N) is 1. The molecule has 0 aliphatic carbocycles. The molecule has 1 N–H and O–H groups in total. The van der Waals surface area contributed by atoms with Crippen molar-refractivity contribution in [1.82, 2.24) is 10.2 Å². The Kier molecular flexibility index (Phi) is 4.22. The first-order chi connectivity index (χ1) is 9.45. The summed E-state index contributed by atoms with van der Waals surface area (Å²) in [7, 11) is 0. The lowest BCUT2D eigenvalue weighted by atomic mass is 9.93. The van der Waals surface area contributed by atoms with E-state index in [-0.39, 0.29) is 30.1 Å². The number of carbonyl (C=O) groups excluding carboxylic acids is 1. The van der Waals surface area contributed by atoms with Crippen molar-refractivity contribution in [2.24, 2.45) is 0 Å². The molecule has 7 heteroatoms. The SMILES string of the molecule is CC[C@H]1NCCN2C(=O)c3c(cccc3C(F)(F)F)[C@@H]12.Cl. The Labute approximate surface area is 126 Å². The molecule has 3 rings (SSSR count). The lowest BCUT2D eigenvalue weighted by Gasteiger charge is -2.37. The summed E-state index contributed by atoms with van der Waals surface area (Å²) in [4.78, 5) is 13.9. The first kappa shape index (κ1) is 16.1. The molecule has 0 aromatic heterocycles. The third-order valence-corrected chi connectivity index (χ3v) is 4.11. The van der Waals surface area contributed by atoms with Gasteiger partial charge in [0.05, 0.1) is 17.2 Å². The first-order valence-electron chi connectivity index (χ1n) is 6.69. The van der Waals surface area contributed by atoms with Gasteiger partial charge in [-0.2, -0.15) is 13.2 Å². The van der Waals surface area contributed by atoms with Crippen molar-refractivity contribution in [2.75, 3.05) is 13.1 Å². The highest BCUT2D eigenvalue weighted by molar-refractivity contribution is 6.01. The minimum absolute atomic E-state index is 0. The number of hydrogen-bond donors (Lipinski definition) is 1. The van der Waals surface area contributed by atoms with Gasteiger partial charge < -0.3 is 10.2 Å². The molecule has 116 valence electrons. The molecule has 2 aliphatic heterocycles. The third kappa shape index (κ3) is 2.40. The monoisotopic (exact) mass is 320 g/mol. The van der Waals surface area contributed by atoms with Gasteiger partial charge in [0.2, 0.25) is 0 Å². The number of benzene rings is 1. The smallest absolute Gasteiger partial charge is 0.329 e. The molecule has 0 unspecified atom stereocenters. The van der Waals surface area contributed by atoms with Gasteiger partial charge in [0.1, 0.15) is 0 Å². The van der Waals surface area contributed by atoms with Crippen LogP contribution in [0.25, 0.3) is 0 Å². The van der Waals surface area contributed by atoms with E-state index in [1.807, 2.05) is 6.92 Å². The summed E-state index contributed by atoms with van der Waals surface area (Å²) in [5.74, 6) is -0.488. The molecule has 1 fully saturated rings. The molecule has 21 heavy (non-hydrogen) atoms. The van der Waals surface area contributed by atoms with Crippen molar-refractivity contribution < 1.29 is 18.0 Å². The molecule has 3 nitrogen and oxygen atoms in total. The lowest BCUT2D eigenvalue weighted by molar-refractivity contribution is -0.137. The fourth-order valence-corrected chi connectivity index (χ4v) is 3.25. The Morgan fingerprint density at radius 2 is 2.10 bits per heavy atom. The number of rotatable bonds is 1. The Bertz CT molecular complexity index is 562. The number of fused-ring (bicyclic) bond motifs is 3. The zero-order valence-corrected chi connectivity index (χ0v) is 12.2. The first-order valence-corrected chi connectivity index (χ1v) is 6.69. The van der Waals surface area contributed by atoms with Gasteiger partial charge in [0.15, 0.2) is 0 Å². The fraction of sp³-hybridized carbons (Fsp3) is 0.500. The molecule has 1 amide bonds. The van der Waals surface area contributed by atoms with Crippen molar-refractivity contribution in [1.29, 1.82) is 0 Å². The molecular formula is C14H16ClF3N2O. The van der Waals surface area contributed by atoms with Crippen LogP contribution in [0.3, 0.4) is 0 Å². The van der Waals surface area contributed by atoms with E-state index in [1.165, 1.54) is 6.07 Å². The average molecular weight is 321 g/mol. The molecule has 2 heterocycles. The van der Waals surface area contributed by atoms with Crippen LogP contribution < -0.4 is 5.32 Å². The maximum atomic E-state index is 13.1. The van der Waals surface area contributed by atoms with Gasteiger partial charge in [0, 0.05) is 19.1 Å². The summed E-state index contributed by atoms with van der Waals surface area (Å²) in [6, 6.07) is 3.75. The highest BCUT2D eigenvalue weighted by atomic mass is 35.5. The highest BCUT2D eigenvalue weighted by Crippen LogP contribution is 2.43. The topological polar surface area (TPSA) is 32.3 Å². The molecule has 0 saturated carbocycles. The van der Waals surface area contributed by atoms with Gasteiger partial charge in [-0.1, -0.05) is 19.1 Å². The minimum Gasteiger partial charge on any atom is -0.329 e. The van der Waals surface area contributed by atoms with E-state index in [1.54, 1.807) is 11.0 Å². The van der Waals surface area contributed by atoms with Crippen LogP contribution in [0.2, 0.25) is 0 Å². The number of nitrogens with zero attached hydrogens (tertiary/aromatic N) is 1. The molecule has 2 atom stereocenters. The Balaban J connectivity index is 0.00000161. The van der Waals surface area contributed by atoms with Crippen molar-refractivity contribution in [3.05, 3.63) is 34.9 Å². The van der Waals surface area contributed by atoms with E-state index in [0.29, 0.717) is 18.7 Å². The lowest BCUT2D eigenvalue weighted by Crippen LogP contribution is -2.51. The van der Waals surface area contributed by atoms with Crippen LogP contribution in [-0.2, 0) is 6.18 Å². The summed E-state index contributed by atoms with van der Waals surface area (Å²) >= 11 is 0. The second-order valence-electron chi connectivity index (χ2n) is 5.18. The second kappa shape index (κ2) is 5.50. The summed E-state index contributed by atoms with van der Waals surface area (Å²) in [6.07, 6.45) is -3.73. The molecule has 2 aliphatic rings. The van der Waals surface area contributed by atoms with E-state index in [4.69, 9.17) is 0 Å². The fourth-order valence-electron chi connectivity index (χ4n) is 3.25. The van der Waals surface area contributed by atoms with E-state index >= 15 is 0 Å². The molecular weight excluding hydrogens is 305 g/mol. The zero-order valence-electron chi connectivity index (χ0n) is 11.4. The van der Waals surface area contributed by atoms with Crippen LogP contribution >= 0.6 is 12.4 Å². The van der Waals surface area contributed by atoms with Crippen LogP contribution in [0, 0.1) is 0 Å². The zero-order chi connectivity index (χ0) is 14.5. The number of carbonyl (C=O) groups is 1. The highest BCUT2D eigenvalue weighted by Gasteiger charge is 2.47. The average Bonchev–Trinajstić information content (AvgIpc) is 2.72. The van der Waals surface area contributed by atoms with Gasteiger partial charge >= 0.3 is 6.18 Å². The van der Waals surface area contributed by atoms with E-state index < -0.39 is 17.6 Å². The minimum atomic E-state index is -4.50. The van der Waals surface area contributed by atoms with E-state index in [9.17, 15) is 18.0 Å². The normalized spacial score (nSPS) is 24.4. The number of alkyl halides is 3. The van der Waals surface area contributed by atoms with Gasteiger partial charge in [-0.05, 0) is 18.1 Å². The Morgan fingerprint density at radius 3 is 2.71 bits per heavy atom. The number of hydrogen-bond acceptors (Lipinski definition) is 2. The predicted octanol–water partition coefficient (Wildman–Crippen LogP) is 3.01. The van der Waals surface area contributed by atoms with Crippen molar-refractivity contribution in [3.8, 4) is 0 Å². The molecule has 0 bridgehead atoms.